The molecule has 0 atom stereocenters. The molecule has 0 saturated heterocycles. The van der Waals surface area contributed by atoms with E-state index in [4.69, 9.17) is 28.2 Å². The number of thiazole rings is 2. The molecule has 0 N–H and O–H groups in total. The fourth-order valence-electron chi connectivity index (χ4n) is 3.73. The van der Waals surface area contributed by atoms with Gasteiger partial charge in [-0.25, -0.2) is 9.97 Å². The van der Waals surface area contributed by atoms with Crippen LogP contribution in [0, 0.1) is 16.7 Å². The molecule has 4 aromatic heterocycles. The molecule has 0 aliphatic rings. The topological polar surface area (TPSA) is 51.6 Å². The maximum atomic E-state index is 5.93. The van der Waals surface area contributed by atoms with Gasteiger partial charge in [0, 0.05) is 62.5 Å². The average Bonchev–Trinajstić information content (AvgIpc) is 3.58. The van der Waals surface area contributed by atoms with Gasteiger partial charge in [-0.05, 0) is 84.0 Å². The van der Waals surface area contributed by atoms with Crippen LogP contribution in [0.5, 0.6) is 0 Å². The summed E-state index contributed by atoms with van der Waals surface area (Å²) in [5, 5.41) is 5.54. The zero-order valence-electron chi connectivity index (χ0n) is 20.9. The number of nitrogens with zero attached hydrogens (tertiary/aromatic N) is 4. The summed E-state index contributed by atoms with van der Waals surface area (Å²) in [5.74, 6) is 0. The zero-order chi connectivity index (χ0) is 27.4. The molecule has 194 valence electrons. The summed E-state index contributed by atoms with van der Waals surface area (Å²) in [6, 6.07) is 19.5. The predicted octanol–water partition coefficient (Wildman–Crippen LogP) is 10.3. The van der Waals surface area contributed by atoms with Crippen LogP contribution in [0.15, 0.2) is 90.8 Å². The Hall–Kier alpha value is -2.69. The van der Waals surface area contributed by atoms with Gasteiger partial charge in [-0.15, -0.1) is 22.7 Å². The minimum absolute atomic E-state index is 0.738. The van der Waals surface area contributed by atoms with Crippen LogP contribution >= 0.6 is 68.5 Å². The van der Waals surface area contributed by atoms with Crippen molar-refractivity contribution >= 4 is 68.5 Å². The van der Waals surface area contributed by atoms with Gasteiger partial charge in [0.25, 0.3) is 0 Å². The Morgan fingerprint density at radius 1 is 0.667 bits per heavy atom. The van der Waals surface area contributed by atoms with Crippen LogP contribution in [0.1, 0.15) is 11.1 Å². The fourth-order valence-corrected chi connectivity index (χ4v) is 6.83. The third kappa shape index (κ3) is 6.73. The van der Waals surface area contributed by atoms with Crippen molar-refractivity contribution in [1.82, 2.24) is 19.9 Å². The lowest BCUT2D eigenvalue weighted by molar-refractivity contribution is 1.27. The average molecular weight is 699 g/mol. The highest BCUT2D eigenvalue weighted by atomic mass is 127. The summed E-state index contributed by atoms with van der Waals surface area (Å²) in [6.07, 6.45) is 7.33. The predicted molar refractivity (Wildman–Crippen MR) is 174 cm³/mol. The van der Waals surface area contributed by atoms with Crippen molar-refractivity contribution in [2.45, 2.75) is 13.8 Å². The molecule has 39 heavy (non-hydrogen) atoms. The van der Waals surface area contributed by atoms with Gasteiger partial charge < -0.3 is 0 Å². The third-order valence-electron chi connectivity index (χ3n) is 5.89. The lowest BCUT2D eigenvalue weighted by Crippen LogP contribution is -1.84. The van der Waals surface area contributed by atoms with Crippen LogP contribution in [-0.4, -0.2) is 19.9 Å². The molecule has 0 saturated carbocycles. The van der Waals surface area contributed by atoms with Gasteiger partial charge in [0.05, 0.1) is 14.3 Å². The third-order valence-corrected chi connectivity index (χ3v) is 9.31. The van der Waals surface area contributed by atoms with E-state index in [0.29, 0.717) is 0 Å². The van der Waals surface area contributed by atoms with Crippen LogP contribution in [0.4, 0.5) is 0 Å². The van der Waals surface area contributed by atoms with Crippen molar-refractivity contribution in [2.24, 2.45) is 0 Å². The first-order valence-corrected chi connectivity index (χ1v) is 15.4. The van der Waals surface area contributed by atoms with Crippen LogP contribution in [0.2, 0.25) is 10.0 Å². The van der Waals surface area contributed by atoms with Gasteiger partial charge in [-0.3, -0.25) is 9.97 Å². The summed E-state index contributed by atoms with van der Waals surface area (Å²) in [7, 11) is 0. The van der Waals surface area contributed by atoms with Crippen molar-refractivity contribution in [2.75, 3.05) is 0 Å². The molecule has 0 fully saturated rings. The Bertz CT molecular complexity index is 1710. The highest BCUT2D eigenvalue weighted by molar-refractivity contribution is 14.1. The second-order valence-corrected chi connectivity index (χ2v) is 13.1. The molecule has 0 aliphatic heterocycles. The largest absolute Gasteiger partial charge is 0.264 e. The number of rotatable bonds is 4. The first kappa shape index (κ1) is 27.9. The van der Waals surface area contributed by atoms with E-state index >= 15 is 0 Å². The van der Waals surface area contributed by atoms with E-state index in [2.05, 4.69) is 56.8 Å². The maximum Gasteiger partial charge on any atom is 0.126 e. The molecule has 0 aliphatic carbocycles. The number of halogens is 3. The monoisotopic (exact) mass is 698 g/mol. The molecule has 0 amide bonds. The quantitative estimate of drug-likeness (QED) is 0.172. The maximum absolute atomic E-state index is 5.93. The molecule has 4 nitrogen and oxygen atoms in total. The van der Waals surface area contributed by atoms with Gasteiger partial charge in [0.1, 0.15) is 10.0 Å². The Morgan fingerprint density at radius 3 is 1.77 bits per heavy atom. The van der Waals surface area contributed by atoms with Crippen LogP contribution in [0.25, 0.3) is 43.7 Å². The van der Waals surface area contributed by atoms with Crippen molar-refractivity contribution in [1.29, 1.82) is 0 Å². The highest BCUT2D eigenvalue weighted by Gasteiger charge is 2.14. The van der Waals surface area contributed by atoms with Crippen molar-refractivity contribution in [3.05, 3.63) is 115 Å². The number of hydrogen-bond donors (Lipinski definition) is 0. The summed E-state index contributed by atoms with van der Waals surface area (Å²) >= 11 is 17.5. The lowest BCUT2D eigenvalue weighted by Gasteiger charge is -2.00. The summed E-state index contributed by atoms with van der Waals surface area (Å²) in [5.41, 5.74) is 8.70. The number of aryl methyl sites for hydroxylation is 2. The SMILES string of the molecule is Cc1ccncc1-c1nc(-c2ccc(Cl)cc2)c(I)s1.Cc1ccncc1-c1nc(-c2ccc(Cl)cc2)cs1. The van der Waals surface area contributed by atoms with Crippen LogP contribution in [0.3, 0.4) is 0 Å². The van der Waals surface area contributed by atoms with E-state index in [-0.39, 0.29) is 0 Å². The van der Waals surface area contributed by atoms with Crippen molar-refractivity contribution < 1.29 is 0 Å². The second kappa shape index (κ2) is 12.7. The van der Waals surface area contributed by atoms with E-state index < -0.39 is 0 Å². The highest BCUT2D eigenvalue weighted by Crippen LogP contribution is 2.36. The van der Waals surface area contributed by atoms with E-state index in [1.807, 2.05) is 73.1 Å². The first-order valence-electron chi connectivity index (χ1n) is 11.8. The molecular weight excluding hydrogens is 678 g/mol. The van der Waals surface area contributed by atoms with E-state index in [0.717, 1.165) is 53.7 Å². The molecule has 0 radical (unpaired) electrons. The van der Waals surface area contributed by atoms with E-state index in [1.54, 1.807) is 35.1 Å². The summed E-state index contributed by atoms with van der Waals surface area (Å²) < 4.78 is 1.17. The fraction of sp³-hybridized carbons (Fsp3) is 0.0667. The molecule has 9 heteroatoms. The number of hydrogen-bond acceptors (Lipinski definition) is 6. The summed E-state index contributed by atoms with van der Waals surface area (Å²) in [6.45, 7) is 4.15. The van der Waals surface area contributed by atoms with E-state index in [9.17, 15) is 0 Å². The van der Waals surface area contributed by atoms with Gasteiger partial charge >= 0.3 is 0 Å². The number of pyridine rings is 2. The summed E-state index contributed by atoms with van der Waals surface area (Å²) in [4.78, 5) is 17.8. The molecule has 0 spiro atoms. The molecule has 6 rings (SSSR count). The second-order valence-electron chi connectivity index (χ2n) is 8.57. The normalized spacial score (nSPS) is 10.7. The minimum atomic E-state index is 0.738. The molecular formula is C30H21Cl2IN4S2. The van der Waals surface area contributed by atoms with E-state index in [1.165, 1.54) is 14.0 Å². The zero-order valence-corrected chi connectivity index (χ0v) is 26.2. The molecule has 2 aromatic carbocycles. The van der Waals surface area contributed by atoms with Crippen LogP contribution in [-0.2, 0) is 0 Å². The van der Waals surface area contributed by atoms with Crippen molar-refractivity contribution in [3.63, 3.8) is 0 Å². The Morgan fingerprint density at radius 2 is 1.21 bits per heavy atom. The van der Waals surface area contributed by atoms with Gasteiger partial charge in [-0.1, -0.05) is 47.5 Å². The molecule has 0 bridgehead atoms. The lowest BCUT2D eigenvalue weighted by atomic mass is 10.1. The minimum Gasteiger partial charge on any atom is -0.264 e. The standard InChI is InChI=1S/C15H10ClIN2S.C15H11ClN2S/c1-9-6-7-18-8-12(9)15-19-13(14(17)20-15)10-2-4-11(16)5-3-10;1-10-6-7-17-8-13(10)15-18-14(9-19-15)11-2-4-12(16)5-3-11/h2-8H,1H3;2-9H,1H3. The molecule has 0 unspecified atom stereocenters. The number of aromatic nitrogens is 4. The Balaban J connectivity index is 0.000000158. The Labute approximate surface area is 258 Å². The van der Waals surface area contributed by atoms with Gasteiger partial charge in [0.15, 0.2) is 0 Å². The molecule has 6 aromatic rings. The van der Waals surface area contributed by atoms with Gasteiger partial charge in [-0.2, -0.15) is 0 Å². The number of benzene rings is 2. The van der Waals surface area contributed by atoms with Gasteiger partial charge in [0.2, 0.25) is 0 Å². The van der Waals surface area contributed by atoms with Crippen molar-refractivity contribution in [3.8, 4) is 43.7 Å². The smallest absolute Gasteiger partial charge is 0.126 e. The molecule has 4 heterocycles. The Kier molecular flexibility index (Phi) is 9.04. The first-order chi connectivity index (χ1) is 18.9. The van der Waals surface area contributed by atoms with Crippen LogP contribution < -0.4 is 0 Å².